The number of carbonyl (C=O) groups is 1. The molecule has 108 valence electrons. The third-order valence-corrected chi connectivity index (χ3v) is 3.75. The summed E-state index contributed by atoms with van der Waals surface area (Å²) in [5.41, 5.74) is 1.38. The maximum atomic E-state index is 12.1. The number of alkyl halides is 1. The average molecular weight is 386 g/mol. The van der Waals surface area contributed by atoms with Crippen molar-refractivity contribution in [1.29, 1.82) is 0 Å². The molecule has 0 aliphatic carbocycles. The Morgan fingerprint density at radius 2 is 1.52 bits per heavy atom. The molecule has 0 unspecified atom stereocenters. The minimum atomic E-state index is -0.413. The predicted octanol–water partition coefficient (Wildman–Crippen LogP) is 5.38. The van der Waals surface area contributed by atoms with Crippen LogP contribution in [-0.4, -0.2) is 11.3 Å². The summed E-state index contributed by atoms with van der Waals surface area (Å²) in [6.45, 7) is 0. The standard InChI is InChI=1S/C16H11BrCl2O2/c17-10-12(9-11-1-3-13(18)4-2-11)16(20)21-15-7-5-14(19)6-8-15/h1-9H,10H2/b12-9+. The van der Waals surface area contributed by atoms with E-state index in [4.69, 9.17) is 27.9 Å². The van der Waals surface area contributed by atoms with Crippen LogP contribution in [0.1, 0.15) is 5.56 Å². The highest BCUT2D eigenvalue weighted by Gasteiger charge is 2.11. The Kier molecular flexibility index (Phi) is 5.85. The number of carbonyl (C=O) groups excluding carboxylic acids is 1. The van der Waals surface area contributed by atoms with Gasteiger partial charge in [-0.15, -0.1) is 0 Å². The van der Waals surface area contributed by atoms with E-state index in [1.165, 1.54) is 0 Å². The zero-order chi connectivity index (χ0) is 15.2. The zero-order valence-electron chi connectivity index (χ0n) is 10.9. The Morgan fingerprint density at radius 1 is 1.00 bits per heavy atom. The highest BCUT2D eigenvalue weighted by molar-refractivity contribution is 9.09. The first-order chi connectivity index (χ1) is 10.1. The number of hydrogen-bond acceptors (Lipinski definition) is 2. The first kappa shape index (κ1) is 16.1. The van der Waals surface area contributed by atoms with E-state index in [1.54, 1.807) is 42.5 Å². The van der Waals surface area contributed by atoms with Crippen LogP contribution in [-0.2, 0) is 4.79 Å². The van der Waals surface area contributed by atoms with Gasteiger partial charge in [-0.3, -0.25) is 0 Å². The van der Waals surface area contributed by atoms with Gasteiger partial charge in [-0.25, -0.2) is 4.79 Å². The monoisotopic (exact) mass is 384 g/mol. The molecule has 0 heterocycles. The molecule has 0 N–H and O–H groups in total. The molecule has 0 aromatic heterocycles. The summed E-state index contributed by atoms with van der Waals surface area (Å²) in [5.74, 6) is 0.0384. The van der Waals surface area contributed by atoms with Gasteiger partial charge in [0.25, 0.3) is 0 Å². The van der Waals surface area contributed by atoms with Gasteiger partial charge in [-0.05, 0) is 48.0 Å². The van der Waals surface area contributed by atoms with Gasteiger partial charge in [0.1, 0.15) is 5.75 Å². The molecular formula is C16H11BrCl2O2. The van der Waals surface area contributed by atoms with Crippen molar-refractivity contribution in [2.24, 2.45) is 0 Å². The van der Waals surface area contributed by atoms with Crippen molar-refractivity contribution in [2.45, 2.75) is 0 Å². The minimum Gasteiger partial charge on any atom is -0.423 e. The van der Waals surface area contributed by atoms with Crippen LogP contribution >= 0.6 is 39.1 Å². The SMILES string of the molecule is O=C(Oc1ccc(Cl)cc1)/C(=C/c1ccc(Cl)cc1)CBr. The Balaban J connectivity index is 2.14. The van der Waals surface area contributed by atoms with Gasteiger partial charge < -0.3 is 4.74 Å². The maximum absolute atomic E-state index is 12.1. The molecule has 0 bridgehead atoms. The first-order valence-corrected chi connectivity index (χ1v) is 7.96. The molecule has 5 heteroatoms. The molecule has 2 rings (SSSR count). The molecule has 0 spiro atoms. The second-order valence-corrected chi connectivity index (χ2v) is 5.63. The molecule has 0 fully saturated rings. The predicted molar refractivity (Wildman–Crippen MR) is 90.3 cm³/mol. The van der Waals surface area contributed by atoms with Crippen LogP contribution in [0.2, 0.25) is 10.0 Å². The van der Waals surface area contributed by atoms with E-state index in [0.717, 1.165) is 5.56 Å². The maximum Gasteiger partial charge on any atom is 0.340 e. The summed E-state index contributed by atoms with van der Waals surface area (Å²) < 4.78 is 5.30. The molecule has 0 saturated heterocycles. The van der Waals surface area contributed by atoms with Crippen molar-refractivity contribution in [3.63, 3.8) is 0 Å². The second-order valence-electron chi connectivity index (χ2n) is 4.20. The molecular weight excluding hydrogens is 375 g/mol. The van der Waals surface area contributed by atoms with Gasteiger partial charge in [0.15, 0.2) is 0 Å². The Morgan fingerprint density at radius 3 is 2.05 bits per heavy atom. The lowest BCUT2D eigenvalue weighted by atomic mass is 10.1. The molecule has 21 heavy (non-hydrogen) atoms. The van der Waals surface area contributed by atoms with Crippen LogP contribution in [0.25, 0.3) is 6.08 Å². The van der Waals surface area contributed by atoms with Crippen molar-refractivity contribution in [3.05, 3.63) is 69.7 Å². The lowest BCUT2D eigenvalue weighted by molar-refractivity contribution is -0.129. The minimum absolute atomic E-state index is 0.391. The largest absolute Gasteiger partial charge is 0.423 e. The van der Waals surface area contributed by atoms with Gasteiger partial charge in [-0.1, -0.05) is 51.3 Å². The Labute approximate surface area is 141 Å². The Bertz CT molecular complexity index is 649. The lowest BCUT2D eigenvalue weighted by Gasteiger charge is -2.06. The first-order valence-electron chi connectivity index (χ1n) is 6.08. The number of benzene rings is 2. The highest BCUT2D eigenvalue weighted by atomic mass is 79.9. The van der Waals surface area contributed by atoms with Gasteiger partial charge in [-0.2, -0.15) is 0 Å². The summed E-state index contributed by atoms with van der Waals surface area (Å²) in [7, 11) is 0. The topological polar surface area (TPSA) is 26.3 Å². The molecule has 2 aromatic rings. The van der Waals surface area contributed by atoms with Gasteiger partial charge >= 0.3 is 5.97 Å². The van der Waals surface area contributed by atoms with Crippen LogP contribution in [0.3, 0.4) is 0 Å². The fourth-order valence-corrected chi connectivity index (χ4v) is 2.23. The third kappa shape index (κ3) is 4.88. The van der Waals surface area contributed by atoms with Crippen LogP contribution in [0.15, 0.2) is 54.1 Å². The van der Waals surface area contributed by atoms with Gasteiger partial charge in [0.05, 0.1) is 0 Å². The third-order valence-electron chi connectivity index (χ3n) is 2.64. The van der Waals surface area contributed by atoms with Crippen molar-refractivity contribution in [2.75, 3.05) is 5.33 Å². The van der Waals surface area contributed by atoms with Crippen molar-refractivity contribution >= 4 is 51.2 Å². The van der Waals surface area contributed by atoms with E-state index >= 15 is 0 Å². The molecule has 0 aliphatic heterocycles. The number of halogens is 3. The quantitative estimate of drug-likeness (QED) is 0.305. The van der Waals surface area contributed by atoms with E-state index in [-0.39, 0.29) is 0 Å². The van der Waals surface area contributed by atoms with Crippen molar-refractivity contribution in [1.82, 2.24) is 0 Å². The number of hydrogen-bond donors (Lipinski definition) is 0. The van der Waals surface area contributed by atoms with E-state index in [9.17, 15) is 4.79 Å². The fraction of sp³-hybridized carbons (Fsp3) is 0.0625. The average Bonchev–Trinajstić information content (AvgIpc) is 2.49. The fourth-order valence-electron chi connectivity index (χ4n) is 1.59. The van der Waals surface area contributed by atoms with Crippen molar-refractivity contribution in [3.8, 4) is 5.75 Å². The Hall–Kier alpha value is -1.29. The normalized spacial score (nSPS) is 11.3. The highest BCUT2D eigenvalue weighted by Crippen LogP contribution is 2.19. The van der Waals surface area contributed by atoms with Crippen LogP contribution in [0.4, 0.5) is 0 Å². The van der Waals surface area contributed by atoms with E-state index < -0.39 is 5.97 Å². The van der Waals surface area contributed by atoms with Crippen molar-refractivity contribution < 1.29 is 9.53 Å². The number of esters is 1. The van der Waals surface area contributed by atoms with E-state index in [2.05, 4.69) is 15.9 Å². The summed E-state index contributed by atoms with van der Waals surface area (Å²) in [6, 6.07) is 13.8. The zero-order valence-corrected chi connectivity index (χ0v) is 14.0. The molecule has 0 radical (unpaired) electrons. The van der Waals surface area contributed by atoms with E-state index in [0.29, 0.717) is 26.7 Å². The van der Waals surface area contributed by atoms with Crippen LogP contribution < -0.4 is 4.74 Å². The lowest BCUT2D eigenvalue weighted by Crippen LogP contribution is -2.12. The molecule has 2 aromatic carbocycles. The van der Waals surface area contributed by atoms with Gasteiger partial charge in [0, 0.05) is 20.9 Å². The molecule has 2 nitrogen and oxygen atoms in total. The van der Waals surface area contributed by atoms with E-state index in [1.807, 2.05) is 12.1 Å². The number of rotatable bonds is 4. The van der Waals surface area contributed by atoms with Gasteiger partial charge in [0.2, 0.25) is 0 Å². The van der Waals surface area contributed by atoms with Crippen LogP contribution in [0, 0.1) is 0 Å². The molecule has 0 saturated carbocycles. The number of ether oxygens (including phenoxy) is 1. The molecule has 0 amide bonds. The summed E-state index contributed by atoms with van der Waals surface area (Å²) in [6.07, 6.45) is 1.75. The summed E-state index contributed by atoms with van der Waals surface area (Å²) >= 11 is 14.9. The smallest absolute Gasteiger partial charge is 0.340 e. The second kappa shape index (κ2) is 7.64. The molecule has 0 aliphatic rings. The molecule has 0 atom stereocenters. The summed E-state index contributed by atoms with van der Waals surface area (Å²) in [5, 5.41) is 1.63. The summed E-state index contributed by atoms with van der Waals surface area (Å²) in [4.78, 5) is 12.1. The van der Waals surface area contributed by atoms with Crippen LogP contribution in [0.5, 0.6) is 5.75 Å².